The molecule has 3 amide bonds. The number of carbonyl (C=O) groups excluding carboxylic acids is 2. The fourth-order valence-electron chi connectivity index (χ4n) is 3.87. The van der Waals surface area contributed by atoms with E-state index in [4.69, 9.17) is 4.74 Å². The first-order chi connectivity index (χ1) is 13.0. The number of rotatable bonds is 5. The predicted molar refractivity (Wildman–Crippen MR) is 104 cm³/mol. The summed E-state index contributed by atoms with van der Waals surface area (Å²) in [5, 5.41) is 3.04. The zero-order chi connectivity index (χ0) is 19.4. The summed E-state index contributed by atoms with van der Waals surface area (Å²) in [5.41, 5.74) is 0.840. The quantitative estimate of drug-likeness (QED) is 0.788. The molecule has 7 heteroatoms. The van der Waals surface area contributed by atoms with Crippen LogP contribution in [0.1, 0.15) is 26.2 Å². The maximum atomic E-state index is 12.6. The molecule has 1 aromatic rings. The Morgan fingerprint density at radius 3 is 2.59 bits per heavy atom. The van der Waals surface area contributed by atoms with Crippen LogP contribution in [0.15, 0.2) is 24.3 Å². The fraction of sp³-hybridized carbons (Fsp3) is 0.600. The van der Waals surface area contributed by atoms with Gasteiger partial charge in [-0.2, -0.15) is 0 Å². The van der Waals surface area contributed by atoms with Crippen LogP contribution in [0.5, 0.6) is 5.75 Å². The van der Waals surface area contributed by atoms with Gasteiger partial charge in [-0.15, -0.1) is 0 Å². The molecule has 1 aromatic carbocycles. The number of hydrogen-bond donors (Lipinski definition) is 2. The molecule has 2 saturated heterocycles. The van der Waals surface area contributed by atoms with Gasteiger partial charge in [0.2, 0.25) is 5.91 Å². The lowest BCUT2D eigenvalue weighted by atomic mass is 10.0. The molecule has 0 aliphatic carbocycles. The molecule has 0 saturated carbocycles. The van der Waals surface area contributed by atoms with Crippen molar-refractivity contribution in [2.45, 2.75) is 38.3 Å². The minimum atomic E-state index is -0.157. The average molecular weight is 375 g/mol. The molecule has 0 unspecified atom stereocenters. The van der Waals surface area contributed by atoms with Crippen LogP contribution < -0.4 is 19.9 Å². The first-order valence-corrected chi connectivity index (χ1v) is 9.85. The van der Waals surface area contributed by atoms with Gasteiger partial charge >= 0.3 is 6.03 Å². The molecule has 2 N–H and O–H groups in total. The summed E-state index contributed by atoms with van der Waals surface area (Å²) in [5.74, 6) is 0.828. The van der Waals surface area contributed by atoms with E-state index in [-0.39, 0.29) is 24.0 Å². The largest absolute Gasteiger partial charge is 0.494 e. The number of nitrogens with zero attached hydrogens (tertiary/aromatic N) is 2. The Hall–Kier alpha value is -2.28. The van der Waals surface area contributed by atoms with Gasteiger partial charge in [0.15, 0.2) is 0 Å². The van der Waals surface area contributed by atoms with Gasteiger partial charge in [-0.3, -0.25) is 4.79 Å². The van der Waals surface area contributed by atoms with Gasteiger partial charge in [-0.1, -0.05) is 0 Å². The molecule has 7 nitrogen and oxygen atoms in total. The summed E-state index contributed by atoms with van der Waals surface area (Å²) in [6.07, 6.45) is 2.39. The molecule has 3 rings (SSSR count). The average Bonchev–Trinajstić information content (AvgIpc) is 3.02. The van der Waals surface area contributed by atoms with Gasteiger partial charge in [0, 0.05) is 44.6 Å². The molecule has 2 aliphatic heterocycles. The van der Waals surface area contributed by atoms with Crippen LogP contribution in [0.25, 0.3) is 0 Å². The molecule has 0 bridgehead atoms. The number of piperidine rings is 1. The zero-order valence-corrected chi connectivity index (χ0v) is 16.5. The van der Waals surface area contributed by atoms with Crippen LogP contribution in [0.2, 0.25) is 0 Å². The van der Waals surface area contributed by atoms with E-state index in [0.29, 0.717) is 19.6 Å². The molecule has 0 aromatic heterocycles. The highest BCUT2D eigenvalue weighted by molar-refractivity contribution is 5.96. The molecule has 148 valence electrons. The van der Waals surface area contributed by atoms with Crippen molar-refractivity contribution in [1.29, 1.82) is 0 Å². The Labute approximate surface area is 161 Å². The maximum Gasteiger partial charge on any atom is 0.317 e. The van der Waals surface area contributed by atoms with E-state index in [2.05, 4.69) is 12.4 Å². The molecule has 2 fully saturated rings. The number of likely N-dealkylation sites (tertiary alicyclic amines) is 1. The number of ether oxygens (including phenoxy) is 1. The number of quaternary nitrogens is 1. The topological polar surface area (TPSA) is 66.3 Å². The number of carbonyl (C=O) groups is 2. The first kappa shape index (κ1) is 19.5. The van der Waals surface area contributed by atoms with Crippen molar-refractivity contribution in [1.82, 2.24) is 10.2 Å². The third-order valence-corrected chi connectivity index (χ3v) is 5.59. The minimum Gasteiger partial charge on any atom is -0.494 e. The highest BCUT2D eigenvalue weighted by atomic mass is 16.5. The van der Waals surface area contributed by atoms with E-state index < -0.39 is 0 Å². The molecule has 0 radical (unpaired) electrons. The molecule has 1 atom stereocenters. The highest BCUT2D eigenvalue weighted by Crippen LogP contribution is 2.24. The van der Waals surface area contributed by atoms with E-state index in [0.717, 1.165) is 37.4 Å². The van der Waals surface area contributed by atoms with Crippen LogP contribution >= 0.6 is 0 Å². The predicted octanol–water partition coefficient (Wildman–Crippen LogP) is 0.509. The van der Waals surface area contributed by atoms with E-state index in [1.54, 1.807) is 4.90 Å². The summed E-state index contributed by atoms with van der Waals surface area (Å²) >= 11 is 0. The Morgan fingerprint density at radius 1 is 1.30 bits per heavy atom. The lowest BCUT2D eigenvalue weighted by Crippen LogP contribution is -3.10. The van der Waals surface area contributed by atoms with Gasteiger partial charge in [0.1, 0.15) is 5.75 Å². The number of amides is 3. The first-order valence-electron chi connectivity index (χ1n) is 9.85. The highest BCUT2D eigenvalue weighted by Gasteiger charge is 2.33. The van der Waals surface area contributed by atoms with Gasteiger partial charge in [-0.25, -0.2) is 4.79 Å². The van der Waals surface area contributed by atoms with E-state index in [9.17, 15) is 9.59 Å². The Morgan fingerprint density at radius 2 is 1.96 bits per heavy atom. The third-order valence-electron chi connectivity index (χ3n) is 5.59. The normalized spacial score (nSPS) is 25.4. The second-order valence-corrected chi connectivity index (χ2v) is 7.58. The standard InChI is InChI=1S/C20H30N4O3/c1-4-27-18-7-5-17(6-8-18)24-14-15(13-19(24)25)21-20(26)23(3)16-9-11-22(2)12-10-16/h5-8,15-16H,4,9-14H2,1-3H3,(H,21,26)/p+1/t15-/m0/s1. The van der Waals surface area contributed by atoms with Crippen molar-refractivity contribution in [3.63, 3.8) is 0 Å². The Kier molecular flexibility index (Phi) is 6.21. The molecule has 27 heavy (non-hydrogen) atoms. The maximum absolute atomic E-state index is 12.6. The van der Waals surface area contributed by atoms with Gasteiger partial charge < -0.3 is 24.8 Å². The summed E-state index contributed by atoms with van der Waals surface area (Å²) in [4.78, 5) is 30.1. The van der Waals surface area contributed by atoms with Crippen molar-refractivity contribution in [2.75, 3.05) is 45.2 Å². The number of anilines is 1. The number of urea groups is 1. The lowest BCUT2D eigenvalue weighted by molar-refractivity contribution is -0.885. The molecular weight excluding hydrogens is 344 g/mol. The van der Waals surface area contributed by atoms with Gasteiger partial charge in [-0.05, 0) is 31.2 Å². The summed E-state index contributed by atoms with van der Waals surface area (Å²) in [6.45, 7) is 5.24. The number of benzene rings is 1. The zero-order valence-electron chi connectivity index (χ0n) is 16.5. The number of hydrogen-bond acceptors (Lipinski definition) is 3. The molecule has 0 spiro atoms. The SMILES string of the molecule is CCOc1ccc(N2C[C@@H](NC(=O)N(C)C3CC[NH+](C)CC3)CC2=O)cc1. The van der Waals surface area contributed by atoms with E-state index >= 15 is 0 Å². The van der Waals surface area contributed by atoms with Crippen molar-refractivity contribution in [3.8, 4) is 5.75 Å². The van der Waals surface area contributed by atoms with Crippen molar-refractivity contribution >= 4 is 17.6 Å². The summed E-state index contributed by atoms with van der Waals surface area (Å²) < 4.78 is 5.45. The minimum absolute atomic E-state index is 0.0370. The van der Waals surface area contributed by atoms with Crippen molar-refractivity contribution < 1.29 is 19.2 Å². The monoisotopic (exact) mass is 375 g/mol. The summed E-state index contributed by atoms with van der Waals surface area (Å²) in [7, 11) is 4.05. The van der Waals surface area contributed by atoms with Crippen LogP contribution in [0.3, 0.4) is 0 Å². The Bertz CT molecular complexity index is 656. The van der Waals surface area contributed by atoms with Crippen LogP contribution in [0.4, 0.5) is 10.5 Å². The second kappa shape index (κ2) is 8.61. The van der Waals surface area contributed by atoms with E-state index in [1.807, 2.05) is 43.1 Å². The number of nitrogens with one attached hydrogen (secondary N) is 2. The van der Waals surface area contributed by atoms with Gasteiger partial charge in [0.05, 0.1) is 32.8 Å². The fourth-order valence-corrected chi connectivity index (χ4v) is 3.87. The van der Waals surface area contributed by atoms with Crippen molar-refractivity contribution in [2.24, 2.45) is 0 Å². The Balaban J connectivity index is 1.54. The lowest BCUT2D eigenvalue weighted by Gasteiger charge is -2.33. The molecule has 2 aliphatic rings. The summed E-state index contributed by atoms with van der Waals surface area (Å²) in [6, 6.07) is 7.57. The molecular formula is C20H31N4O3+. The van der Waals surface area contributed by atoms with Crippen molar-refractivity contribution in [3.05, 3.63) is 24.3 Å². The smallest absolute Gasteiger partial charge is 0.317 e. The molecule has 2 heterocycles. The van der Waals surface area contributed by atoms with Crippen LogP contribution in [-0.2, 0) is 4.79 Å². The van der Waals surface area contributed by atoms with Crippen LogP contribution in [-0.4, -0.2) is 69.3 Å². The van der Waals surface area contributed by atoms with Gasteiger partial charge in [0.25, 0.3) is 0 Å². The second-order valence-electron chi connectivity index (χ2n) is 7.58. The third kappa shape index (κ3) is 4.71. The van der Waals surface area contributed by atoms with Crippen LogP contribution in [0, 0.1) is 0 Å². The van der Waals surface area contributed by atoms with E-state index in [1.165, 1.54) is 4.90 Å².